The Morgan fingerprint density at radius 2 is 1.52 bits per heavy atom. The van der Waals surface area contributed by atoms with E-state index >= 15 is 0 Å². The second-order valence-electron chi connectivity index (χ2n) is 4.63. The zero-order valence-electron chi connectivity index (χ0n) is 11.1. The van der Waals surface area contributed by atoms with Crippen LogP contribution in [-0.2, 0) is 4.79 Å². The van der Waals surface area contributed by atoms with E-state index in [2.05, 4.69) is 11.9 Å². The van der Waals surface area contributed by atoms with E-state index in [4.69, 9.17) is 0 Å². The SMILES string of the molecule is C=CC(=O)Nc1cccc2c1C(=O)c1ccccc1C2=O. The highest BCUT2D eigenvalue weighted by Gasteiger charge is 2.31. The molecule has 102 valence electrons. The first kappa shape index (κ1) is 13.0. The van der Waals surface area contributed by atoms with Gasteiger partial charge in [-0.3, -0.25) is 14.4 Å². The van der Waals surface area contributed by atoms with Crippen molar-refractivity contribution >= 4 is 23.2 Å². The Kier molecular flexibility index (Phi) is 2.99. The fourth-order valence-corrected chi connectivity index (χ4v) is 2.43. The third kappa shape index (κ3) is 1.97. The van der Waals surface area contributed by atoms with Crippen LogP contribution in [0.4, 0.5) is 5.69 Å². The second kappa shape index (κ2) is 4.83. The van der Waals surface area contributed by atoms with Crippen LogP contribution in [0.2, 0.25) is 0 Å². The highest BCUT2D eigenvalue weighted by molar-refractivity contribution is 6.30. The topological polar surface area (TPSA) is 63.2 Å². The Bertz CT molecular complexity index is 805. The van der Waals surface area contributed by atoms with E-state index < -0.39 is 5.91 Å². The minimum absolute atomic E-state index is 0.213. The predicted octanol–water partition coefficient (Wildman–Crippen LogP) is 2.59. The summed E-state index contributed by atoms with van der Waals surface area (Å²) in [4.78, 5) is 36.6. The highest BCUT2D eigenvalue weighted by Crippen LogP contribution is 2.31. The van der Waals surface area contributed by atoms with Gasteiger partial charge in [0.25, 0.3) is 0 Å². The Hall–Kier alpha value is -3.01. The van der Waals surface area contributed by atoms with Gasteiger partial charge in [-0.05, 0) is 12.1 Å². The molecule has 0 saturated carbocycles. The number of carbonyl (C=O) groups is 3. The van der Waals surface area contributed by atoms with Crippen molar-refractivity contribution in [1.29, 1.82) is 0 Å². The molecular weight excluding hydrogens is 266 g/mol. The highest BCUT2D eigenvalue weighted by atomic mass is 16.2. The summed E-state index contributed by atoms with van der Waals surface area (Å²) in [5.41, 5.74) is 1.61. The molecule has 0 atom stereocenters. The van der Waals surface area contributed by atoms with Crippen LogP contribution >= 0.6 is 0 Å². The number of nitrogens with one attached hydrogen (secondary N) is 1. The Morgan fingerprint density at radius 3 is 2.19 bits per heavy atom. The fraction of sp³-hybridized carbons (Fsp3) is 0. The molecule has 0 fully saturated rings. The lowest BCUT2D eigenvalue weighted by Crippen LogP contribution is -2.23. The molecule has 0 bridgehead atoms. The molecule has 0 heterocycles. The zero-order valence-corrected chi connectivity index (χ0v) is 11.1. The lowest BCUT2D eigenvalue weighted by Gasteiger charge is -2.19. The van der Waals surface area contributed by atoms with Crippen LogP contribution in [0.3, 0.4) is 0 Å². The average molecular weight is 277 g/mol. The lowest BCUT2D eigenvalue weighted by atomic mass is 9.83. The van der Waals surface area contributed by atoms with Crippen molar-refractivity contribution in [2.75, 3.05) is 5.32 Å². The summed E-state index contributed by atoms with van der Waals surface area (Å²) in [7, 11) is 0. The smallest absolute Gasteiger partial charge is 0.247 e. The quantitative estimate of drug-likeness (QED) is 0.732. The Morgan fingerprint density at radius 1 is 0.905 bits per heavy atom. The monoisotopic (exact) mass is 277 g/mol. The van der Waals surface area contributed by atoms with Crippen LogP contribution in [0.25, 0.3) is 0 Å². The summed E-state index contributed by atoms with van der Waals surface area (Å²) in [6.07, 6.45) is 1.11. The van der Waals surface area contributed by atoms with Gasteiger partial charge >= 0.3 is 0 Å². The van der Waals surface area contributed by atoms with E-state index in [9.17, 15) is 14.4 Å². The molecule has 1 N–H and O–H groups in total. The number of amides is 1. The van der Waals surface area contributed by atoms with Gasteiger partial charge in [0.1, 0.15) is 0 Å². The molecule has 1 amide bonds. The van der Waals surface area contributed by atoms with Gasteiger partial charge in [0.15, 0.2) is 11.6 Å². The molecule has 0 aromatic heterocycles. The standard InChI is InChI=1S/C17H11NO3/c1-2-14(19)18-13-9-5-8-12-15(13)17(21)11-7-4-3-6-10(11)16(12)20/h2-9H,1H2,(H,18,19). The normalized spacial score (nSPS) is 12.4. The number of hydrogen-bond donors (Lipinski definition) is 1. The van der Waals surface area contributed by atoms with Gasteiger partial charge in [0.05, 0.1) is 11.3 Å². The summed E-state index contributed by atoms with van der Waals surface area (Å²) in [6.45, 7) is 3.37. The predicted molar refractivity (Wildman–Crippen MR) is 78.6 cm³/mol. The molecule has 0 unspecified atom stereocenters. The van der Waals surface area contributed by atoms with Crippen molar-refractivity contribution in [2.24, 2.45) is 0 Å². The second-order valence-corrected chi connectivity index (χ2v) is 4.63. The maximum Gasteiger partial charge on any atom is 0.247 e. The van der Waals surface area contributed by atoms with Gasteiger partial charge in [-0.15, -0.1) is 0 Å². The van der Waals surface area contributed by atoms with Crippen molar-refractivity contribution in [2.45, 2.75) is 0 Å². The Balaban J connectivity index is 2.21. The first-order valence-corrected chi connectivity index (χ1v) is 6.38. The van der Waals surface area contributed by atoms with E-state index in [0.717, 1.165) is 6.08 Å². The molecule has 0 saturated heterocycles. The Labute approximate surface area is 121 Å². The summed E-state index contributed by atoms with van der Waals surface area (Å²) in [5, 5.41) is 2.57. The van der Waals surface area contributed by atoms with Crippen molar-refractivity contribution < 1.29 is 14.4 Å². The van der Waals surface area contributed by atoms with Crippen LogP contribution in [0, 0.1) is 0 Å². The van der Waals surface area contributed by atoms with Crippen molar-refractivity contribution in [3.05, 3.63) is 77.4 Å². The molecule has 2 aromatic rings. The van der Waals surface area contributed by atoms with E-state index in [1.54, 1.807) is 42.5 Å². The molecule has 3 rings (SSSR count). The van der Waals surface area contributed by atoms with Gasteiger partial charge in [-0.2, -0.15) is 0 Å². The van der Waals surface area contributed by atoms with Gasteiger partial charge in [0.2, 0.25) is 5.91 Å². The maximum absolute atomic E-state index is 12.6. The summed E-state index contributed by atoms with van der Waals surface area (Å²) < 4.78 is 0. The number of hydrogen-bond acceptors (Lipinski definition) is 3. The number of fused-ring (bicyclic) bond motifs is 2. The third-order valence-electron chi connectivity index (χ3n) is 3.40. The summed E-state index contributed by atoms with van der Waals surface area (Å²) in [6, 6.07) is 11.5. The van der Waals surface area contributed by atoms with Crippen molar-refractivity contribution in [3.63, 3.8) is 0 Å². The van der Waals surface area contributed by atoms with E-state index in [0.29, 0.717) is 22.4 Å². The molecule has 21 heavy (non-hydrogen) atoms. The molecule has 0 spiro atoms. The molecular formula is C17H11NO3. The molecule has 0 radical (unpaired) electrons. The number of ketones is 2. The fourth-order valence-electron chi connectivity index (χ4n) is 2.43. The molecule has 4 nitrogen and oxygen atoms in total. The van der Waals surface area contributed by atoms with Crippen molar-refractivity contribution in [1.82, 2.24) is 0 Å². The molecule has 2 aromatic carbocycles. The first-order valence-electron chi connectivity index (χ1n) is 6.38. The van der Waals surface area contributed by atoms with Gasteiger partial charge in [0, 0.05) is 16.7 Å². The third-order valence-corrected chi connectivity index (χ3v) is 3.40. The van der Waals surface area contributed by atoms with Crippen LogP contribution in [0.5, 0.6) is 0 Å². The van der Waals surface area contributed by atoms with E-state index in [-0.39, 0.29) is 17.1 Å². The summed E-state index contributed by atoms with van der Waals surface area (Å²) >= 11 is 0. The van der Waals surface area contributed by atoms with Gasteiger partial charge in [-0.1, -0.05) is 43.0 Å². The zero-order chi connectivity index (χ0) is 15.0. The van der Waals surface area contributed by atoms with E-state index in [1.807, 2.05) is 0 Å². The molecule has 4 heteroatoms. The van der Waals surface area contributed by atoms with Crippen molar-refractivity contribution in [3.8, 4) is 0 Å². The lowest BCUT2D eigenvalue weighted by molar-refractivity contribution is -0.111. The number of rotatable bonds is 2. The summed E-state index contributed by atoms with van der Waals surface area (Å²) in [5.74, 6) is -0.905. The minimum Gasteiger partial charge on any atom is -0.322 e. The maximum atomic E-state index is 12.6. The average Bonchev–Trinajstić information content (AvgIpc) is 2.52. The molecule has 1 aliphatic rings. The van der Waals surface area contributed by atoms with Gasteiger partial charge < -0.3 is 5.32 Å². The van der Waals surface area contributed by atoms with Crippen LogP contribution in [0.15, 0.2) is 55.1 Å². The molecule has 1 aliphatic carbocycles. The first-order chi connectivity index (χ1) is 10.1. The van der Waals surface area contributed by atoms with Crippen LogP contribution in [-0.4, -0.2) is 17.5 Å². The van der Waals surface area contributed by atoms with Crippen LogP contribution in [0.1, 0.15) is 31.8 Å². The number of anilines is 1. The molecule has 0 aliphatic heterocycles. The van der Waals surface area contributed by atoms with Crippen LogP contribution < -0.4 is 5.32 Å². The van der Waals surface area contributed by atoms with E-state index in [1.165, 1.54) is 0 Å². The minimum atomic E-state index is -0.428. The number of carbonyl (C=O) groups excluding carboxylic acids is 3. The largest absolute Gasteiger partial charge is 0.322 e. The van der Waals surface area contributed by atoms with Gasteiger partial charge in [-0.25, -0.2) is 0 Å². The number of benzene rings is 2.